The van der Waals surface area contributed by atoms with E-state index in [4.69, 9.17) is 0 Å². The Morgan fingerprint density at radius 1 is 0.935 bits per heavy atom. The third kappa shape index (κ3) is 4.61. The van der Waals surface area contributed by atoms with Gasteiger partial charge in [0.1, 0.15) is 11.5 Å². The van der Waals surface area contributed by atoms with Crippen molar-refractivity contribution in [3.63, 3.8) is 0 Å². The molecule has 0 aliphatic carbocycles. The first-order valence-electron chi connectivity index (χ1n) is 8.98. The van der Waals surface area contributed by atoms with Crippen molar-refractivity contribution in [2.24, 2.45) is 0 Å². The fraction of sp³-hybridized carbons (Fsp3) is 0.0455. The third-order valence-electron chi connectivity index (χ3n) is 4.34. The van der Waals surface area contributed by atoms with Crippen LogP contribution in [0.1, 0.15) is 15.9 Å². The van der Waals surface area contributed by atoms with Crippen LogP contribution in [0, 0.1) is 5.82 Å². The van der Waals surface area contributed by atoms with Gasteiger partial charge in [0.2, 0.25) is 0 Å². The lowest BCUT2D eigenvalue weighted by Gasteiger charge is -2.07. The minimum atomic E-state index is -4.48. The van der Waals surface area contributed by atoms with Gasteiger partial charge in [-0.3, -0.25) is 15.1 Å². The molecular weight excluding hydrogens is 430 g/mol. The van der Waals surface area contributed by atoms with Crippen molar-refractivity contribution >= 4 is 22.4 Å². The monoisotopic (exact) mass is 443 g/mol. The highest BCUT2D eigenvalue weighted by Crippen LogP contribution is 2.38. The average molecular weight is 443 g/mol. The molecule has 1 N–H and O–H groups in total. The molecule has 0 aliphatic rings. The molecule has 0 saturated carbocycles. The molecule has 4 rings (SSSR count). The van der Waals surface area contributed by atoms with Gasteiger partial charge in [-0.2, -0.15) is 13.2 Å². The number of nitrogens with one attached hydrogen (secondary N) is 1. The van der Waals surface area contributed by atoms with Gasteiger partial charge in [0, 0.05) is 11.8 Å². The summed E-state index contributed by atoms with van der Waals surface area (Å²) < 4.78 is 51.5. The Bertz CT molecular complexity index is 1200. The first kappa shape index (κ1) is 20.7. The number of anilines is 1. The number of carbonyl (C=O) groups is 1. The second-order valence-electron chi connectivity index (χ2n) is 6.45. The highest BCUT2D eigenvalue weighted by molar-refractivity contribution is 7.19. The van der Waals surface area contributed by atoms with Crippen LogP contribution >= 0.6 is 11.3 Å². The van der Waals surface area contributed by atoms with E-state index >= 15 is 0 Å². The second-order valence-corrected chi connectivity index (χ2v) is 7.45. The summed E-state index contributed by atoms with van der Waals surface area (Å²) in [5, 5.41) is 2.85. The normalized spacial score (nSPS) is 11.4. The molecule has 0 aliphatic heterocycles. The smallest absolute Gasteiger partial charge is 0.298 e. The molecule has 0 saturated heterocycles. The number of hydrogen-bond donors (Lipinski definition) is 1. The second kappa shape index (κ2) is 8.27. The Morgan fingerprint density at radius 2 is 1.65 bits per heavy atom. The molecule has 0 atom stereocenters. The van der Waals surface area contributed by atoms with Gasteiger partial charge in [-0.25, -0.2) is 9.37 Å². The highest BCUT2D eigenvalue weighted by Gasteiger charge is 2.30. The van der Waals surface area contributed by atoms with E-state index in [-0.39, 0.29) is 16.5 Å². The zero-order valence-electron chi connectivity index (χ0n) is 15.7. The lowest BCUT2D eigenvalue weighted by Crippen LogP contribution is -2.12. The molecule has 2 aromatic heterocycles. The van der Waals surface area contributed by atoms with Crippen LogP contribution in [-0.2, 0) is 6.18 Å². The summed E-state index contributed by atoms with van der Waals surface area (Å²) >= 11 is 1.16. The van der Waals surface area contributed by atoms with Crippen molar-refractivity contribution in [2.75, 3.05) is 5.32 Å². The topological polar surface area (TPSA) is 54.9 Å². The Labute approximate surface area is 178 Å². The molecule has 1 amide bonds. The van der Waals surface area contributed by atoms with E-state index in [0.29, 0.717) is 21.8 Å². The van der Waals surface area contributed by atoms with E-state index < -0.39 is 17.6 Å². The van der Waals surface area contributed by atoms with E-state index in [9.17, 15) is 22.4 Å². The number of carbonyl (C=O) groups excluding carboxylic acids is 1. The molecular formula is C22H13F4N3OS. The van der Waals surface area contributed by atoms with Crippen molar-refractivity contribution in [1.29, 1.82) is 0 Å². The van der Waals surface area contributed by atoms with E-state index in [1.54, 1.807) is 36.5 Å². The predicted octanol–water partition coefficient (Wildman–Crippen LogP) is 6.28. The van der Waals surface area contributed by atoms with E-state index in [1.165, 1.54) is 12.1 Å². The van der Waals surface area contributed by atoms with Gasteiger partial charge in [0.05, 0.1) is 16.1 Å². The maximum atomic E-state index is 13.3. The van der Waals surface area contributed by atoms with Crippen LogP contribution < -0.4 is 5.32 Å². The van der Waals surface area contributed by atoms with Crippen LogP contribution in [0.15, 0.2) is 72.9 Å². The maximum Gasteiger partial charge on any atom is 0.416 e. The van der Waals surface area contributed by atoms with Crippen molar-refractivity contribution in [1.82, 2.24) is 9.97 Å². The fourth-order valence-electron chi connectivity index (χ4n) is 2.83. The van der Waals surface area contributed by atoms with E-state index in [2.05, 4.69) is 15.3 Å². The third-order valence-corrected chi connectivity index (χ3v) is 5.36. The van der Waals surface area contributed by atoms with Gasteiger partial charge >= 0.3 is 6.18 Å². The number of hydrogen-bond acceptors (Lipinski definition) is 4. The summed E-state index contributed by atoms with van der Waals surface area (Å²) in [7, 11) is 0. The molecule has 4 aromatic rings. The van der Waals surface area contributed by atoms with Crippen molar-refractivity contribution < 1.29 is 22.4 Å². The number of nitrogens with zero attached hydrogens (tertiary/aromatic N) is 2. The molecule has 31 heavy (non-hydrogen) atoms. The molecule has 0 bridgehead atoms. The minimum absolute atomic E-state index is 0.0610. The summed E-state index contributed by atoms with van der Waals surface area (Å²) in [4.78, 5) is 21.9. The first-order chi connectivity index (χ1) is 14.8. The lowest BCUT2D eigenvalue weighted by molar-refractivity contribution is -0.137. The Hall–Kier alpha value is -3.59. The van der Waals surface area contributed by atoms with E-state index in [1.807, 2.05) is 0 Å². The number of thiazole rings is 1. The predicted molar refractivity (Wildman–Crippen MR) is 110 cm³/mol. The van der Waals surface area contributed by atoms with Gasteiger partial charge in [-0.15, -0.1) is 0 Å². The Balaban J connectivity index is 1.66. The molecule has 0 spiro atoms. The largest absolute Gasteiger partial charge is 0.416 e. The van der Waals surface area contributed by atoms with E-state index in [0.717, 1.165) is 35.6 Å². The van der Waals surface area contributed by atoms with Crippen LogP contribution in [0.5, 0.6) is 0 Å². The van der Waals surface area contributed by atoms with Crippen LogP contribution in [0.3, 0.4) is 0 Å². The quantitative estimate of drug-likeness (QED) is 0.378. The van der Waals surface area contributed by atoms with Crippen molar-refractivity contribution in [3.8, 4) is 21.8 Å². The van der Waals surface area contributed by atoms with Crippen LogP contribution in [0.25, 0.3) is 21.8 Å². The molecule has 2 heterocycles. The number of halogens is 4. The Morgan fingerprint density at radius 3 is 2.26 bits per heavy atom. The number of rotatable bonds is 4. The van der Waals surface area contributed by atoms with Crippen LogP contribution in [0.2, 0.25) is 0 Å². The number of amides is 1. The minimum Gasteiger partial charge on any atom is -0.298 e. The molecule has 9 heteroatoms. The summed E-state index contributed by atoms with van der Waals surface area (Å²) in [5.41, 5.74) is 0.975. The fourth-order valence-corrected chi connectivity index (χ4v) is 3.80. The standard InChI is InChI=1S/C22H13F4N3OS/c23-16-10-6-13(7-11-16)19-18(17-3-1-2-12-27-17)28-21(31-19)29-20(30)14-4-8-15(9-5-14)22(24,25)26/h1-12H,(H,28,29,30). The molecule has 156 valence electrons. The number of aromatic nitrogens is 2. The molecule has 2 aromatic carbocycles. The maximum absolute atomic E-state index is 13.3. The average Bonchev–Trinajstić information content (AvgIpc) is 3.18. The van der Waals surface area contributed by atoms with Crippen LogP contribution in [0.4, 0.5) is 22.7 Å². The van der Waals surface area contributed by atoms with Gasteiger partial charge in [0.15, 0.2) is 5.13 Å². The van der Waals surface area contributed by atoms with Gasteiger partial charge in [-0.1, -0.05) is 29.5 Å². The molecule has 0 fully saturated rings. The van der Waals surface area contributed by atoms with Crippen molar-refractivity contribution in [2.45, 2.75) is 6.18 Å². The number of benzene rings is 2. The summed E-state index contributed by atoms with van der Waals surface area (Å²) in [6.45, 7) is 0. The molecule has 4 nitrogen and oxygen atoms in total. The Kier molecular flexibility index (Phi) is 5.51. The molecule has 0 unspecified atom stereocenters. The van der Waals surface area contributed by atoms with Gasteiger partial charge in [0.25, 0.3) is 5.91 Å². The zero-order valence-corrected chi connectivity index (χ0v) is 16.5. The first-order valence-corrected chi connectivity index (χ1v) is 9.80. The van der Waals surface area contributed by atoms with Gasteiger partial charge < -0.3 is 0 Å². The number of alkyl halides is 3. The zero-order chi connectivity index (χ0) is 22.0. The van der Waals surface area contributed by atoms with Gasteiger partial charge in [-0.05, 0) is 54.1 Å². The summed E-state index contributed by atoms with van der Waals surface area (Å²) in [6.07, 6.45) is -2.88. The SMILES string of the molecule is O=C(Nc1nc(-c2ccccn2)c(-c2ccc(F)cc2)s1)c1ccc(C(F)(F)F)cc1. The summed E-state index contributed by atoms with van der Waals surface area (Å²) in [6, 6.07) is 15.0. The lowest BCUT2D eigenvalue weighted by atomic mass is 10.1. The van der Waals surface area contributed by atoms with Crippen molar-refractivity contribution in [3.05, 3.63) is 89.9 Å². The summed E-state index contributed by atoms with van der Waals surface area (Å²) in [5.74, 6) is -0.982. The molecule has 0 radical (unpaired) electrons. The highest BCUT2D eigenvalue weighted by atomic mass is 32.1. The van der Waals surface area contributed by atoms with Crippen LogP contribution in [-0.4, -0.2) is 15.9 Å². The number of pyridine rings is 1.